The topological polar surface area (TPSA) is 67.4 Å². The average molecular weight is 405 g/mol. The number of amides is 1. The number of morpholine rings is 1. The number of para-hydroxylation sites is 1. The Kier molecular flexibility index (Phi) is 6.06. The fourth-order valence-corrected chi connectivity index (χ4v) is 4.08. The maximum absolute atomic E-state index is 13.2. The number of carbonyl (C=O) groups is 1. The monoisotopic (exact) mass is 404 g/mol. The van der Waals surface area contributed by atoms with E-state index in [-0.39, 0.29) is 24.2 Å². The van der Waals surface area contributed by atoms with Crippen LogP contribution in [0.2, 0.25) is 0 Å². The van der Waals surface area contributed by atoms with Crippen LogP contribution in [0.4, 0.5) is 0 Å². The zero-order valence-electron chi connectivity index (χ0n) is 17.7. The van der Waals surface area contributed by atoms with E-state index in [2.05, 4.69) is 36.0 Å². The molecule has 0 bridgehead atoms. The van der Waals surface area contributed by atoms with Gasteiger partial charge in [-0.2, -0.15) is 0 Å². The molecule has 3 atom stereocenters. The van der Waals surface area contributed by atoms with Crippen LogP contribution in [0.15, 0.2) is 54.9 Å². The molecule has 4 rings (SSSR count). The van der Waals surface area contributed by atoms with E-state index in [1.54, 1.807) is 12.4 Å². The van der Waals surface area contributed by atoms with Gasteiger partial charge in [0.1, 0.15) is 0 Å². The number of hydrogen-bond acceptors (Lipinski definition) is 5. The van der Waals surface area contributed by atoms with E-state index in [4.69, 9.17) is 9.72 Å². The van der Waals surface area contributed by atoms with Crippen LogP contribution in [-0.2, 0) is 4.74 Å². The smallest absolute Gasteiger partial charge is 0.252 e. The van der Waals surface area contributed by atoms with Crippen molar-refractivity contribution in [1.29, 1.82) is 0 Å². The summed E-state index contributed by atoms with van der Waals surface area (Å²) in [5.41, 5.74) is 3.16. The van der Waals surface area contributed by atoms with Crippen molar-refractivity contribution in [1.82, 2.24) is 20.2 Å². The van der Waals surface area contributed by atoms with E-state index >= 15 is 0 Å². The Morgan fingerprint density at radius 3 is 2.60 bits per heavy atom. The minimum atomic E-state index is -0.0786. The van der Waals surface area contributed by atoms with Crippen LogP contribution < -0.4 is 5.32 Å². The Morgan fingerprint density at radius 2 is 1.87 bits per heavy atom. The van der Waals surface area contributed by atoms with Gasteiger partial charge in [-0.3, -0.25) is 14.7 Å². The summed E-state index contributed by atoms with van der Waals surface area (Å²) >= 11 is 0. The predicted octanol–water partition coefficient (Wildman–Crippen LogP) is 3.52. The third-order valence-electron chi connectivity index (χ3n) is 5.57. The second kappa shape index (κ2) is 8.90. The van der Waals surface area contributed by atoms with Crippen LogP contribution in [0.1, 0.15) is 31.1 Å². The number of ether oxygens (including phenoxy) is 1. The second-order valence-electron chi connectivity index (χ2n) is 8.08. The summed E-state index contributed by atoms with van der Waals surface area (Å²) in [6.07, 6.45) is 3.88. The number of rotatable bonds is 5. The molecule has 0 spiro atoms. The van der Waals surface area contributed by atoms with Crippen molar-refractivity contribution in [2.24, 2.45) is 0 Å². The molecule has 0 unspecified atom stereocenters. The van der Waals surface area contributed by atoms with Crippen molar-refractivity contribution in [3.8, 4) is 11.3 Å². The van der Waals surface area contributed by atoms with E-state index in [9.17, 15) is 4.79 Å². The van der Waals surface area contributed by atoms with Crippen LogP contribution in [0.25, 0.3) is 22.2 Å². The van der Waals surface area contributed by atoms with Gasteiger partial charge in [0.05, 0.1) is 29.0 Å². The molecule has 2 aromatic heterocycles. The van der Waals surface area contributed by atoms with Gasteiger partial charge in [0.15, 0.2) is 0 Å². The lowest BCUT2D eigenvalue weighted by atomic mass is 10.0. The summed E-state index contributed by atoms with van der Waals surface area (Å²) in [5, 5.41) is 3.99. The first-order valence-corrected chi connectivity index (χ1v) is 10.5. The first-order chi connectivity index (χ1) is 14.5. The third kappa shape index (κ3) is 4.50. The molecule has 3 aromatic rings. The van der Waals surface area contributed by atoms with Gasteiger partial charge in [-0.05, 0) is 45.0 Å². The zero-order valence-corrected chi connectivity index (χ0v) is 17.7. The maximum atomic E-state index is 13.2. The Hall–Kier alpha value is -2.83. The summed E-state index contributed by atoms with van der Waals surface area (Å²) < 4.78 is 5.82. The Bertz CT molecular complexity index is 1010. The Labute approximate surface area is 177 Å². The van der Waals surface area contributed by atoms with E-state index in [0.717, 1.165) is 35.2 Å². The number of aromatic nitrogens is 2. The van der Waals surface area contributed by atoms with E-state index in [1.807, 2.05) is 42.5 Å². The summed E-state index contributed by atoms with van der Waals surface area (Å²) in [6, 6.07) is 13.7. The van der Waals surface area contributed by atoms with Crippen LogP contribution in [0.5, 0.6) is 0 Å². The molecule has 1 fully saturated rings. The molecule has 6 nitrogen and oxygen atoms in total. The molecular formula is C24H28N4O2. The zero-order chi connectivity index (χ0) is 21.1. The molecule has 1 aliphatic heterocycles. The van der Waals surface area contributed by atoms with Crippen molar-refractivity contribution in [2.45, 2.75) is 39.0 Å². The molecule has 1 N–H and O–H groups in total. The van der Waals surface area contributed by atoms with Crippen LogP contribution in [-0.4, -0.2) is 58.7 Å². The maximum Gasteiger partial charge on any atom is 0.252 e. The average Bonchev–Trinajstić information content (AvgIpc) is 2.76. The highest BCUT2D eigenvalue weighted by molar-refractivity contribution is 6.07. The summed E-state index contributed by atoms with van der Waals surface area (Å²) in [7, 11) is 0. The van der Waals surface area contributed by atoms with Crippen LogP contribution in [0, 0.1) is 0 Å². The molecule has 156 valence electrons. The largest absolute Gasteiger partial charge is 0.373 e. The van der Waals surface area contributed by atoms with E-state index < -0.39 is 0 Å². The van der Waals surface area contributed by atoms with Gasteiger partial charge < -0.3 is 10.1 Å². The van der Waals surface area contributed by atoms with Crippen molar-refractivity contribution in [3.05, 3.63) is 60.4 Å². The normalized spacial score (nSPS) is 20.8. The lowest BCUT2D eigenvalue weighted by Crippen LogP contribution is -2.52. The fraction of sp³-hybridized carbons (Fsp3) is 0.375. The van der Waals surface area contributed by atoms with Gasteiger partial charge in [-0.1, -0.05) is 18.2 Å². The number of pyridine rings is 2. The number of carbonyl (C=O) groups excluding carboxylic acids is 1. The van der Waals surface area contributed by atoms with Gasteiger partial charge in [0, 0.05) is 49.0 Å². The molecule has 30 heavy (non-hydrogen) atoms. The van der Waals surface area contributed by atoms with Crippen LogP contribution >= 0.6 is 0 Å². The van der Waals surface area contributed by atoms with Gasteiger partial charge in [0.25, 0.3) is 5.91 Å². The van der Waals surface area contributed by atoms with Crippen molar-refractivity contribution < 1.29 is 9.53 Å². The summed E-state index contributed by atoms with van der Waals surface area (Å²) in [5.74, 6) is -0.0786. The Balaban J connectivity index is 1.55. The standard InChI is InChI=1S/C24H28N4O2/c1-16(28-14-17(2)30-18(3)15-28)13-26-24(29)21-12-23(19-8-10-25-11-9-19)27-22-7-5-4-6-20(21)22/h4-12,16-18H,13-15H2,1-3H3,(H,26,29)/t16-,17-,18-/m1/s1. The van der Waals surface area contributed by atoms with Crippen molar-refractivity contribution in [3.63, 3.8) is 0 Å². The van der Waals surface area contributed by atoms with Gasteiger partial charge in [-0.15, -0.1) is 0 Å². The van der Waals surface area contributed by atoms with Crippen LogP contribution in [0.3, 0.4) is 0 Å². The minimum absolute atomic E-state index is 0.0786. The highest BCUT2D eigenvalue weighted by Gasteiger charge is 2.26. The second-order valence-corrected chi connectivity index (χ2v) is 8.08. The molecule has 3 heterocycles. The quantitative estimate of drug-likeness (QED) is 0.705. The summed E-state index contributed by atoms with van der Waals surface area (Å²) in [4.78, 5) is 24.4. The number of fused-ring (bicyclic) bond motifs is 1. The predicted molar refractivity (Wildman–Crippen MR) is 118 cm³/mol. The molecule has 1 amide bonds. The minimum Gasteiger partial charge on any atom is -0.373 e. The first-order valence-electron chi connectivity index (χ1n) is 10.5. The van der Waals surface area contributed by atoms with E-state index in [0.29, 0.717) is 12.1 Å². The highest BCUT2D eigenvalue weighted by Crippen LogP contribution is 2.24. The molecule has 0 saturated carbocycles. The molecule has 1 aliphatic rings. The van der Waals surface area contributed by atoms with Gasteiger partial charge >= 0.3 is 0 Å². The van der Waals surface area contributed by atoms with Gasteiger partial charge in [-0.25, -0.2) is 4.98 Å². The molecule has 0 radical (unpaired) electrons. The first kappa shape index (κ1) is 20.4. The molecule has 0 aliphatic carbocycles. The highest BCUT2D eigenvalue weighted by atomic mass is 16.5. The number of nitrogens with one attached hydrogen (secondary N) is 1. The summed E-state index contributed by atoms with van der Waals surface area (Å²) in [6.45, 7) is 8.69. The third-order valence-corrected chi connectivity index (χ3v) is 5.57. The van der Waals surface area contributed by atoms with Crippen molar-refractivity contribution >= 4 is 16.8 Å². The van der Waals surface area contributed by atoms with Crippen molar-refractivity contribution in [2.75, 3.05) is 19.6 Å². The molecule has 1 aromatic carbocycles. The number of hydrogen-bond donors (Lipinski definition) is 1. The molecule has 1 saturated heterocycles. The lowest BCUT2D eigenvalue weighted by molar-refractivity contribution is -0.0778. The lowest BCUT2D eigenvalue weighted by Gasteiger charge is -2.39. The number of nitrogens with zero attached hydrogens (tertiary/aromatic N) is 3. The number of benzene rings is 1. The van der Waals surface area contributed by atoms with E-state index in [1.165, 1.54) is 0 Å². The Morgan fingerprint density at radius 1 is 1.17 bits per heavy atom. The van der Waals surface area contributed by atoms with Gasteiger partial charge in [0.2, 0.25) is 0 Å². The molecule has 6 heteroatoms. The molecular weight excluding hydrogens is 376 g/mol. The SMILES string of the molecule is C[C@@H]1CN([C@H](C)CNC(=O)c2cc(-c3ccncc3)nc3ccccc23)C[C@@H](C)O1. The fourth-order valence-electron chi connectivity index (χ4n) is 4.08.